The van der Waals surface area contributed by atoms with Gasteiger partial charge in [-0.05, 0) is 24.5 Å². The number of rotatable bonds is 4. The van der Waals surface area contributed by atoms with Gasteiger partial charge in [0.05, 0.1) is 12.0 Å². The first kappa shape index (κ1) is 13.8. The standard InChI is InChI=1S/C16H20N4O/c21-16-6-5-14(7-8-18-16)19-11-13-3-1-2-4-15(13)20-10-9-17-12-20/h1-4,9-10,12,14,19H,5-8,11H2,(H,18,21). The van der Waals surface area contributed by atoms with E-state index in [-0.39, 0.29) is 5.91 Å². The van der Waals surface area contributed by atoms with Gasteiger partial charge < -0.3 is 15.2 Å². The second-order valence-corrected chi connectivity index (χ2v) is 5.35. The highest BCUT2D eigenvalue weighted by molar-refractivity contribution is 5.76. The highest BCUT2D eigenvalue weighted by atomic mass is 16.1. The van der Waals surface area contributed by atoms with E-state index in [1.54, 1.807) is 6.20 Å². The molecule has 5 nitrogen and oxygen atoms in total. The van der Waals surface area contributed by atoms with Gasteiger partial charge in [-0.3, -0.25) is 4.79 Å². The van der Waals surface area contributed by atoms with Gasteiger partial charge in [-0.1, -0.05) is 18.2 Å². The Bertz CT molecular complexity index is 594. The summed E-state index contributed by atoms with van der Waals surface area (Å²) >= 11 is 0. The van der Waals surface area contributed by atoms with Crippen molar-refractivity contribution in [1.29, 1.82) is 0 Å². The van der Waals surface area contributed by atoms with Gasteiger partial charge in [-0.2, -0.15) is 0 Å². The van der Waals surface area contributed by atoms with Gasteiger partial charge in [0, 0.05) is 37.9 Å². The Labute approximate surface area is 124 Å². The molecule has 1 aliphatic rings. The van der Waals surface area contributed by atoms with Crippen LogP contribution in [0.5, 0.6) is 0 Å². The Balaban J connectivity index is 1.67. The number of carbonyl (C=O) groups excluding carboxylic acids is 1. The van der Waals surface area contributed by atoms with E-state index in [4.69, 9.17) is 0 Å². The number of imidazole rings is 1. The summed E-state index contributed by atoms with van der Waals surface area (Å²) < 4.78 is 2.02. The lowest BCUT2D eigenvalue weighted by atomic mass is 10.1. The average Bonchev–Trinajstić information content (AvgIpc) is 2.96. The molecule has 110 valence electrons. The summed E-state index contributed by atoms with van der Waals surface area (Å²) in [6.07, 6.45) is 8.05. The number of amides is 1. The van der Waals surface area contributed by atoms with Crippen LogP contribution in [0.4, 0.5) is 0 Å². The highest BCUT2D eigenvalue weighted by Gasteiger charge is 2.15. The normalized spacial score (nSPS) is 19.0. The fourth-order valence-electron chi connectivity index (χ4n) is 2.70. The van der Waals surface area contributed by atoms with Crippen molar-refractivity contribution in [2.45, 2.75) is 31.8 Å². The minimum atomic E-state index is 0.165. The first-order valence-electron chi connectivity index (χ1n) is 7.39. The Morgan fingerprint density at radius 2 is 2.24 bits per heavy atom. The minimum absolute atomic E-state index is 0.165. The maximum absolute atomic E-state index is 11.4. The van der Waals surface area contributed by atoms with Crippen molar-refractivity contribution in [3.05, 3.63) is 48.5 Å². The molecule has 1 saturated heterocycles. The van der Waals surface area contributed by atoms with E-state index < -0.39 is 0 Å². The van der Waals surface area contributed by atoms with Gasteiger partial charge in [0.15, 0.2) is 0 Å². The smallest absolute Gasteiger partial charge is 0.220 e. The number of nitrogens with zero attached hydrogens (tertiary/aromatic N) is 2. The number of hydrogen-bond acceptors (Lipinski definition) is 3. The molecule has 1 aromatic heterocycles. The van der Waals surface area contributed by atoms with Crippen LogP contribution in [0.1, 0.15) is 24.8 Å². The number of carbonyl (C=O) groups is 1. The topological polar surface area (TPSA) is 59.0 Å². The molecule has 5 heteroatoms. The first-order chi connectivity index (χ1) is 10.3. The largest absolute Gasteiger partial charge is 0.356 e. The molecule has 0 saturated carbocycles. The minimum Gasteiger partial charge on any atom is -0.356 e. The SMILES string of the molecule is O=C1CCC(NCc2ccccc2-n2ccnc2)CCN1. The zero-order chi connectivity index (χ0) is 14.5. The molecule has 1 atom stereocenters. The predicted octanol–water partition coefficient (Wildman–Crippen LogP) is 1.63. The van der Waals surface area contributed by atoms with E-state index in [9.17, 15) is 4.79 Å². The first-order valence-corrected chi connectivity index (χ1v) is 7.39. The lowest BCUT2D eigenvalue weighted by Crippen LogP contribution is -2.29. The van der Waals surface area contributed by atoms with Crippen molar-refractivity contribution in [3.8, 4) is 5.69 Å². The molecule has 1 fully saturated rings. The van der Waals surface area contributed by atoms with Gasteiger partial charge in [0.2, 0.25) is 5.91 Å². The Morgan fingerprint density at radius 1 is 1.33 bits per heavy atom. The van der Waals surface area contributed by atoms with Crippen LogP contribution in [0, 0.1) is 0 Å². The van der Waals surface area contributed by atoms with Gasteiger partial charge in [0.25, 0.3) is 0 Å². The summed E-state index contributed by atoms with van der Waals surface area (Å²) in [5.74, 6) is 0.165. The van der Waals surface area contributed by atoms with Crippen molar-refractivity contribution in [1.82, 2.24) is 20.2 Å². The van der Waals surface area contributed by atoms with Crippen molar-refractivity contribution in [2.75, 3.05) is 6.54 Å². The van der Waals surface area contributed by atoms with Crippen LogP contribution in [-0.4, -0.2) is 28.0 Å². The molecule has 1 amide bonds. The zero-order valence-electron chi connectivity index (χ0n) is 12.0. The lowest BCUT2D eigenvalue weighted by molar-refractivity contribution is -0.120. The molecule has 21 heavy (non-hydrogen) atoms. The van der Waals surface area contributed by atoms with Crippen LogP contribution in [0.25, 0.3) is 5.69 Å². The molecule has 1 aromatic carbocycles. The maximum Gasteiger partial charge on any atom is 0.220 e. The number of hydrogen-bond donors (Lipinski definition) is 2. The molecule has 0 bridgehead atoms. The quantitative estimate of drug-likeness (QED) is 0.897. The molecular weight excluding hydrogens is 264 g/mol. The van der Waals surface area contributed by atoms with Gasteiger partial charge in [0.1, 0.15) is 0 Å². The number of nitrogens with one attached hydrogen (secondary N) is 2. The van der Waals surface area contributed by atoms with Crippen molar-refractivity contribution < 1.29 is 4.79 Å². The lowest BCUT2D eigenvalue weighted by Gasteiger charge is -2.17. The van der Waals surface area contributed by atoms with Crippen LogP contribution in [-0.2, 0) is 11.3 Å². The van der Waals surface area contributed by atoms with E-state index in [1.807, 2.05) is 23.2 Å². The summed E-state index contributed by atoms with van der Waals surface area (Å²) in [6, 6.07) is 8.70. The molecule has 2 N–H and O–H groups in total. The Morgan fingerprint density at radius 3 is 3.10 bits per heavy atom. The molecule has 1 unspecified atom stereocenters. The summed E-state index contributed by atoms with van der Waals surface area (Å²) in [6.45, 7) is 1.56. The second-order valence-electron chi connectivity index (χ2n) is 5.35. The van der Waals surface area contributed by atoms with Crippen LogP contribution in [0.2, 0.25) is 0 Å². The number of aromatic nitrogens is 2. The van der Waals surface area contributed by atoms with E-state index >= 15 is 0 Å². The summed E-state index contributed by atoms with van der Waals surface area (Å²) in [5.41, 5.74) is 2.38. The molecule has 2 aromatic rings. The van der Waals surface area contributed by atoms with Crippen molar-refractivity contribution in [2.24, 2.45) is 0 Å². The average molecular weight is 284 g/mol. The predicted molar refractivity (Wildman–Crippen MR) is 81.1 cm³/mol. The fraction of sp³-hybridized carbons (Fsp3) is 0.375. The molecule has 0 spiro atoms. The molecule has 0 aliphatic carbocycles. The van der Waals surface area contributed by atoms with Crippen molar-refractivity contribution in [3.63, 3.8) is 0 Å². The van der Waals surface area contributed by atoms with Crippen LogP contribution in [0.15, 0.2) is 43.0 Å². The van der Waals surface area contributed by atoms with Crippen LogP contribution >= 0.6 is 0 Å². The Hall–Kier alpha value is -2.14. The van der Waals surface area contributed by atoms with Gasteiger partial charge in [-0.15, -0.1) is 0 Å². The third-order valence-corrected chi connectivity index (χ3v) is 3.89. The van der Waals surface area contributed by atoms with Crippen LogP contribution < -0.4 is 10.6 Å². The molecule has 2 heterocycles. The summed E-state index contributed by atoms with van der Waals surface area (Å²) in [7, 11) is 0. The molecule has 1 aliphatic heterocycles. The highest BCUT2D eigenvalue weighted by Crippen LogP contribution is 2.15. The third kappa shape index (κ3) is 3.49. The number of benzene rings is 1. The fourth-order valence-corrected chi connectivity index (χ4v) is 2.70. The molecule has 0 radical (unpaired) electrons. The Kier molecular flexibility index (Phi) is 4.31. The van der Waals surface area contributed by atoms with E-state index in [2.05, 4.69) is 33.8 Å². The number of para-hydroxylation sites is 1. The monoisotopic (exact) mass is 284 g/mol. The zero-order valence-corrected chi connectivity index (χ0v) is 12.0. The van der Waals surface area contributed by atoms with Crippen molar-refractivity contribution >= 4 is 5.91 Å². The maximum atomic E-state index is 11.4. The molecular formula is C16H20N4O. The second kappa shape index (κ2) is 6.54. The summed E-state index contributed by atoms with van der Waals surface area (Å²) in [4.78, 5) is 15.5. The van der Waals surface area contributed by atoms with E-state index in [1.165, 1.54) is 5.56 Å². The van der Waals surface area contributed by atoms with E-state index in [0.717, 1.165) is 31.6 Å². The molecule has 3 rings (SSSR count). The summed E-state index contributed by atoms with van der Waals surface area (Å²) in [5, 5.41) is 6.49. The third-order valence-electron chi connectivity index (χ3n) is 3.89. The van der Waals surface area contributed by atoms with Gasteiger partial charge >= 0.3 is 0 Å². The van der Waals surface area contributed by atoms with Crippen LogP contribution in [0.3, 0.4) is 0 Å². The van der Waals surface area contributed by atoms with E-state index in [0.29, 0.717) is 12.5 Å². The van der Waals surface area contributed by atoms with Gasteiger partial charge in [-0.25, -0.2) is 4.98 Å².